The van der Waals surface area contributed by atoms with Crippen molar-refractivity contribution in [1.82, 2.24) is 34.3 Å². The fourth-order valence-electron chi connectivity index (χ4n) is 5.85. The van der Waals surface area contributed by atoms with Gasteiger partial charge >= 0.3 is 5.97 Å². The number of benzene rings is 2. The predicted octanol–water partition coefficient (Wildman–Crippen LogP) is 4.09. The zero-order chi connectivity index (χ0) is 32.0. The van der Waals surface area contributed by atoms with Crippen molar-refractivity contribution in [2.45, 2.75) is 45.6 Å². The molecule has 1 N–H and O–H groups in total. The third-order valence-corrected chi connectivity index (χ3v) is 8.31. The highest BCUT2D eigenvalue weighted by atomic mass is 19.1. The maximum Gasteiger partial charge on any atom is 0.337 e. The molecule has 5 aromatic rings. The quantitative estimate of drug-likeness (QED) is 0.217. The molecule has 1 atom stereocenters. The first-order valence-corrected chi connectivity index (χ1v) is 15.2. The van der Waals surface area contributed by atoms with Gasteiger partial charge in [0, 0.05) is 56.7 Å². The molecule has 1 aliphatic heterocycles. The number of carbonyl (C=O) groups is 1. The second-order valence-corrected chi connectivity index (χ2v) is 11.2. The molecule has 0 bridgehead atoms. The number of aryl methyl sites for hydroxylation is 1. The summed E-state index contributed by atoms with van der Waals surface area (Å²) in [5.41, 5.74) is 5.22. The van der Waals surface area contributed by atoms with Crippen molar-refractivity contribution in [3.63, 3.8) is 0 Å². The number of rotatable bonds is 11. The van der Waals surface area contributed by atoms with Crippen molar-refractivity contribution in [1.29, 1.82) is 5.26 Å². The maximum atomic E-state index is 14.3. The number of piperazine rings is 1. The molecule has 11 nitrogen and oxygen atoms in total. The lowest BCUT2D eigenvalue weighted by atomic mass is 10.1. The monoisotopic (exact) mass is 622 g/mol. The molecule has 12 heteroatoms. The van der Waals surface area contributed by atoms with E-state index in [0.29, 0.717) is 25.1 Å². The van der Waals surface area contributed by atoms with Gasteiger partial charge in [0.25, 0.3) is 0 Å². The molecule has 4 heterocycles. The largest absolute Gasteiger partial charge is 0.486 e. The van der Waals surface area contributed by atoms with Crippen LogP contribution in [0.1, 0.15) is 45.6 Å². The van der Waals surface area contributed by atoms with E-state index in [9.17, 15) is 9.18 Å². The molecule has 1 fully saturated rings. The summed E-state index contributed by atoms with van der Waals surface area (Å²) in [5.74, 6) is 0.0407. The van der Waals surface area contributed by atoms with E-state index in [1.165, 1.54) is 25.3 Å². The molecular formula is C34H35FN8O3. The molecule has 0 amide bonds. The number of fused-ring (bicyclic) bond motifs is 1. The highest BCUT2D eigenvalue weighted by Gasteiger charge is 2.26. The van der Waals surface area contributed by atoms with E-state index in [-0.39, 0.29) is 29.9 Å². The number of methoxy groups -OCH3 is 1. The highest BCUT2D eigenvalue weighted by molar-refractivity contribution is 5.93. The highest BCUT2D eigenvalue weighted by Crippen LogP contribution is 2.24. The molecule has 3 aromatic heterocycles. The second-order valence-electron chi connectivity index (χ2n) is 11.2. The molecule has 0 saturated carbocycles. The van der Waals surface area contributed by atoms with E-state index in [1.54, 1.807) is 12.3 Å². The number of pyridine rings is 1. The van der Waals surface area contributed by atoms with Gasteiger partial charge in [-0.2, -0.15) is 5.26 Å². The van der Waals surface area contributed by atoms with Crippen molar-refractivity contribution in [3.05, 3.63) is 107 Å². The van der Waals surface area contributed by atoms with Crippen LogP contribution in [0.2, 0.25) is 0 Å². The zero-order valence-electron chi connectivity index (χ0n) is 25.8. The molecule has 236 valence electrons. The van der Waals surface area contributed by atoms with Gasteiger partial charge in [-0.25, -0.2) is 19.2 Å². The lowest BCUT2D eigenvalue weighted by Gasteiger charge is -2.36. The van der Waals surface area contributed by atoms with Gasteiger partial charge in [-0.15, -0.1) is 0 Å². The Bertz CT molecular complexity index is 1900. The van der Waals surface area contributed by atoms with Crippen molar-refractivity contribution >= 4 is 17.0 Å². The molecule has 0 spiro atoms. The van der Waals surface area contributed by atoms with E-state index >= 15 is 0 Å². The summed E-state index contributed by atoms with van der Waals surface area (Å²) >= 11 is 0. The molecule has 1 aliphatic rings. The summed E-state index contributed by atoms with van der Waals surface area (Å²) in [6.07, 6.45) is 6.14. The summed E-state index contributed by atoms with van der Waals surface area (Å²) < 4.78 is 29.3. The van der Waals surface area contributed by atoms with Crippen LogP contribution < -0.4 is 10.1 Å². The van der Waals surface area contributed by atoms with E-state index in [0.717, 1.165) is 60.0 Å². The second kappa shape index (κ2) is 13.9. The van der Waals surface area contributed by atoms with Gasteiger partial charge in [-0.3, -0.25) is 9.88 Å². The Labute approximate surface area is 266 Å². The van der Waals surface area contributed by atoms with Crippen LogP contribution in [0.4, 0.5) is 4.39 Å². The maximum absolute atomic E-state index is 14.3. The van der Waals surface area contributed by atoms with Crippen LogP contribution in [0, 0.1) is 17.1 Å². The lowest BCUT2D eigenvalue weighted by Crippen LogP contribution is -2.52. The van der Waals surface area contributed by atoms with Crippen LogP contribution in [0.25, 0.3) is 11.0 Å². The number of carbonyl (C=O) groups excluding carboxylic acids is 1. The van der Waals surface area contributed by atoms with Crippen molar-refractivity contribution < 1.29 is 18.7 Å². The van der Waals surface area contributed by atoms with Crippen LogP contribution in [0.5, 0.6) is 5.75 Å². The Morgan fingerprint density at radius 1 is 1.17 bits per heavy atom. The molecule has 0 radical (unpaired) electrons. The normalized spacial score (nSPS) is 15.1. The average molecular weight is 623 g/mol. The number of nitrogens with zero attached hydrogens (tertiary/aromatic N) is 7. The molecule has 2 aromatic carbocycles. The standard InChI is InChI=1S/C34H35FN8O3/c1-3-41-22-38-18-28(41)19-43-31-14-25(34(44)45-2)5-6-30(31)40-33(43)20-42-11-10-37-17-27(42)15-26-12-24(8-9-39-26)21-46-32-7-4-23(16-36)13-29(32)35/h4-9,12-14,18,22,27,37H,3,10-11,15,17,19-21H2,1-2H3. The number of aromatic nitrogens is 5. The molecule has 46 heavy (non-hydrogen) atoms. The number of ether oxygens (including phenoxy) is 2. The topological polar surface area (TPSA) is 123 Å². The fraction of sp³-hybridized carbons (Fsp3) is 0.324. The Morgan fingerprint density at radius 3 is 2.87 bits per heavy atom. The number of esters is 1. The van der Waals surface area contributed by atoms with E-state index in [4.69, 9.17) is 19.7 Å². The smallest absolute Gasteiger partial charge is 0.337 e. The van der Waals surface area contributed by atoms with E-state index in [2.05, 4.69) is 36.2 Å². The summed E-state index contributed by atoms with van der Waals surface area (Å²) in [6, 6.07) is 15.6. The third kappa shape index (κ3) is 6.75. The van der Waals surface area contributed by atoms with Crippen LogP contribution in [0.15, 0.2) is 67.3 Å². The Hall–Kier alpha value is -5.12. The lowest BCUT2D eigenvalue weighted by molar-refractivity contribution is 0.0601. The minimum Gasteiger partial charge on any atom is -0.486 e. The molecule has 0 aliphatic carbocycles. The van der Waals surface area contributed by atoms with Gasteiger partial charge in [0.15, 0.2) is 11.6 Å². The minimum absolute atomic E-state index is 0.101. The van der Waals surface area contributed by atoms with Gasteiger partial charge in [-0.05, 0) is 61.0 Å². The SMILES string of the molecule is CCn1cncc1Cn1c(CN2CCNCC2Cc2cc(COc3ccc(C#N)cc3F)ccn2)nc2ccc(C(=O)OC)cc21. The number of nitrogens with one attached hydrogen (secondary N) is 1. The van der Waals surface area contributed by atoms with Gasteiger partial charge in [0.2, 0.25) is 0 Å². The van der Waals surface area contributed by atoms with E-state index < -0.39 is 5.82 Å². The Kier molecular flexibility index (Phi) is 9.33. The van der Waals surface area contributed by atoms with Gasteiger partial charge in [0.05, 0.1) is 60.5 Å². The van der Waals surface area contributed by atoms with Crippen molar-refractivity contribution in [2.24, 2.45) is 0 Å². The van der Waals surface area contributed by atoms with Crippen LogP contribution >= 0.6 is 0 Å². The number of halogens is 1. The average Bonchev–Trinajstić information content (AvgIpc) is 3.68. The van der Waals surface area contributed by atoms with Crippen molar-refractivity contribution in [2.75, 3.05) is 26.7 Å². The Morgan fingerprint density at radius 2 is 2.07 bits per heavy atom. The number of hydrogen-bond donors (Lipinski definition) is 1. The first-order chi connectivity index (χ1) is 22.4. The van der Waals surface area contributed by atoms with Crippen LogP contribution in [-0.4, -0.2) is 67.7 Å². The Balaban J connectivity index is 1.23. The van der Waals surface area contributed by atoms with Crippen LogP contribution in [-0.2, 0) is 37.4 Å². The van der Waals surface area contributed by atoms with Crippen LogP contribution in [0.3, 0.4) is 0 Å². The summed E-state index contributed by atoms with van der Waals surface area (Å²) in [4.78, 5) is 28.8. The first-order valence-electron chi connectivity index (χ1n) is 15.2. The third-order valence-electron chi connectivity index (χ3n) is 8.31. The number of imidazole rings is 2. The molecular weight excluding hydrogens is 587 g/mol. The molecule has 6 rings (SSSR count). The molecule has 1 unspecified atom stereocenters. The fourth-order valence-corrected chi connectivity index (χ4v) is 5.85. The van der Waals surface area contributed by atoms with Gasteiger partial charge < -0.3 is 23.9 Å². The summed E-state index contributed by atoms with van der Waals surface area (Å²) in [5, 5.41) is 12.5. The van der Waals surface area contributed by atoms with E-state index in [1.807, 2.05) is 42.9 Å². The number of nitriles is 1. The van der Waals surface area contributed by atoms with Gasteiger partial charge in [0.1, 0.15) is 12.4 Å². The summed E-state index contributed by atoms with van der Waals surface area (Å²) in [7, 11) is 1.38. The number of hydrogen-bond acceptors (Lipinski definition) is 9. The minimum atomic E-state index is -0.566. The van der Waals surface area contributed by atoms with Gasteiger partial charge in [-0.1, -0.05) is 0 Å². The predicted molar refractivity (Wildman–Crippen MR) is 169 cm³/mol. The first kappa shape index (κ1) is 30.9. The zero-order valence-corrected chi connectivity index (χ0v) is 25.8. The van der Waals surface area contributed by atoms with Crippen molar-refractivity contribution in [3.8, 4) is 11.8 Å². The molecule has 1 saturated heterocycles. The summed E-state index contributed by atoms with van der Waals surface area (Å²) in [6.45, 7) is 6.69.